The molecule has 3 rings (SSSR count). The fourth-order valence-electron chi connectivity index (χ4n) is 4.01. The van der Waals surface area contributed by atoms with Crippen molar-refractivity contribution in [1.82, 2.24) is 10.2 Å². The number of nitrogens with one attached hydrogen (secondary N) is 1. The van der Waals surface area contributed by atoms with Crippen LogP contribution in [0.2, 0.25) is 5.02 Å². The minimum absolute atomic E-state index is 0.0555. The van der Waals surface area contributed by atoms with E-state index in [1.165, 1.54) is 29.2 Å². The van der Waals surface area contributed by atoms with Gasteiger partial charge in [-0.05, 0) is 60.9 Å². The Bertz CT molecular complexity index is 899. The molecule has 0 heterocycles. The van der Waals surface area contributed by atoms with E-state index in [2.05, 4.69) is 12.2 Å². The lowest BCUT2D eigenvalue weighted by molar-refractivity contribution is -0.140. The predicted octanol–water partition coefficient (Wildman–Crippen LogP) is 5.48. The highest BCUT2D eigenvalue weighted by atomic mass is 35.5. The number of alkyl halides is 1. The van der Waals surface area contributed by atoms with E-state index < -0.39 is 17.8 Å². The number of nitrogens with zero attached hydrogens (tertiary/aromatic N) is 1. The number of hydrogen-bond acceptors (Lipinski definition) is 2. The number of benzene rings is 2. The van der Waals surface area contributed by atoms with Crippen LogP contribution in [0.15, 0.2) is 48.5 Å². The van der Waals surface area contributed by atoms with Crippen molar-refractivity contribution < 1.29 is 14.0 Å². The highest BCUT2D eigenvalue weighted by Crippen LogP contribution is 2.29. The normalized spacial score (nSPS) is 19.5. The summed E-state index contributed by atoms with van der Waals surface area (Å²) in [6.07, 6.45) is 3.90. The van der Waals surface area contributed by atoms with Gasteiger partial charge in [-0.1, -0.05) is 48.9 Å². The van der Waals surface area contributed by atoms with Crippen LogP contribution in [-0.2, 0) is 16.1 Å². The summed E-state index contributed by atoms with van der Waals surface area (Å²) in [7, 11) is 0. The molecule has 0 unspecified atom stereocenters. The maximum Gasteiger partial charge on any atom is 0.247 e. The van der Waals surface area contributed by atoms with Gasteiger partial charge in [0.2, 0.25) is 11.8 Å². The first-order valence-corrected chi connectivity index (χ1v) is 11.4. The number of hydrogen-bond donors (Lipinski definition) is 1. The van der Waals surface area contributed by atoms with Crippen LogP contribution in [0.1, 0.15) is 49.8 Å². The molecule has 1 fully saturated rings. The molecule has 1 aliphatic rings. The van der Waals surface area contributed by atoms with Gasteiger partial charge < -0.3 is 10.2 Å². The third-order valence-corrected chi connectivity index (χ3v) is 6.44. The van der Waals surface area contributed by atoms with Gasteiger partial charge in [-0.25, -0.2) is 4.39 Å². The van der Waals surface area contributed by atoms with E-state index in [1.807, 2.05) is 6.07 Å². The first-order valence-electron chi connectivity index (χ1n) is 10.5. The summed E-state index contributed by atoms with van der Waals surface area (Å²) in [6.45, 7) is 2.33. The summed E-state index contributed by atoms with van der Waals surface area (Å²) in [5, 5.41) is 3.60. The van der Waals surface area contributed by atoms with E-state index in [1.54, 1.807) is 18.2 Å². The average molecular weight is 465 g/mol. The number of carbonyl (C=O) groups excluding carboxylic acids is 2. The second-order valence-corrected chi connectivity index (χ2v) is 8.84. The van der Waals surface area contributed by atoms with Gasteiger partial charge in [0.1, 0.15) is 17.7 Å². The zero-order chi connectivity index (χ0) is 22.4. The monoisotopic (exact) mass is 464 g/mol. The van der Waals surface area contributed by atoms with Crippen LogP contribution in [0, 0.1) is 11.7 Å². The molecular weight excluding hydrogens is 438 g/mol. The van der Waals surface area contributed by atoms with Gasteiger partial charge in [0.15, 0.2) is 0 Å². The highest BCUT2D eigenvalue weighted by Gasteiger charge is 2.33. The second-order valence-electron chi connectivity index (χ2n) is 8.17. The summed E-state index contributed by atoms with van der Waals surface area (Å²) in [5.41, 5.74) is 1.22. The van der Waals surface area contributed by atoms with Gasteiger partial charge in [0.05, 0.1) is 0 Å². The molecule has 31 heavy (non-hydrogen) atoms. The first kappa shape index (κ1) is 23.6. The van der Waals surface area contributed by atoms with Crippen LogP contribution in [0.25, 0.3) is 0 Å². The molecule has 2 amide bonds. The summed E-state index contributed by atoms with van der Waals surface area (Å²) in [6, 6.07) is 11.9. The van der Waals surface area contributed by atoms with E-state index in [9.17, 15) is 14.0 Å². The zero-order valence-corrected chi connectivity index (χ0v) is 19.0. The van der Waals surface area contributed by atoms with Crippen LogP contribution in [0.4, 0.5) is 4.39 Å². The van der Waals surface area contributed by atoms with Gasteiger partial charge in [0, 0.05) is 17.6 Å². The summed E-state index contributed by atoms with van der Waals surface area (Å²) >= 11 is 12.2. The van der Waals surface area contributed by atoms with Crippen LogP contribution < -0.4 is 5.32 Å². The first-order chi connectivity index (χ1) is 14.9. The Balaban J connectivity index is 1.93. The molecule has 2 aromatic carbocycles. The fraction of sp³-hybridized carbons (Fsp3) is 0.417. The molecule has 4 nitrogen and oxygen atoms in total. The molecule has 7 heteroatoms. The Morgan fingerprint density at radius 3 is 2.35 bits per heavy atom. The predicted molar refractivity (Wildman–Crippen MR) is 121 cm³/mol. The third kappa shape index (κ3) is 6.20. The summed E-state index contributed by atoms with van der Waals surface area (Å²) < 4.78 is 13.6. The third-order valence-electron chi connectivity index (χ3n) is 5.84. The molecule has 0 bridgehead atoms. The Kier molecular flexibility index (Phi) is 8.33. The van der Waals surface area contributed by atoms with E-state index in [0.29, 0.717) is 22.1 Å². The van der Waals surface area contributed by atoms with Crippen LogP contribution in [0.3, 0.4) is 0 Å². The molecule has 0 aromatic heterocycles. The Labute approximate surface area is 192 Å². The molecular formula is C24H27Cl2FN2O2. The quantitative estimate of drug-likeness (QED) is 0.551. The van der Waals surface area contributed by atoms with Crippen molar-refractivity contribution in [1.29, 1.82) is 0 Å². The lowest BCUT2D eigenvalue weighted by Crippen LogP contribution is -2.47. The molecule has 1 saturated carbocycles. The van der Waals surface area contributed by atoms with Crippen molar-refractivity contribution >= 4 is 35.0 Å². The van der Waals surface area contributed by atoms with Crippen molar-refractivity contribution in [3.8, 4) is 0 Å². The second kappa shape index (κ2) is 11.0. The Morgan fingerprint density at radius 2 is 1.74 bits per heavy atom. The van der Waals surface area contributed by atoms with Gasteiger partial charge in [0.25, 0.3) is 0 Å². The maximum atomic E-state index is 13.6. The van der Waals surface area contributed by atoms with Crippen molar-refractivity contribution in [2.75, 3.05) is 5.88 Å². The molecule has 166 valence electrons. The Hall–Kier alpha value is -2.11. The van der Waals surface area contributed by atoms with Crippen molar-refractivity contribution in [2.45, 2.75) is 51.2 Å². The van der Waals surface area contributed by atoms with Crippen molar-refractivity contribution in [3.05, 3.63) is 70.5 Å². The standard InChI is InChI=1S/C24H27Cl2FN2O2/c1-16-6-12-20(13-7-16)28-24(31)23(17-8-10-19(27)11-9-17)29(22(30)14-25)15-18-4-2-3-5-21(18)26/h2-5,8-11,16,20,23H,6-7,12-15H2,1H3,(H,28,31)/t16?,20?,23-/m1/s1. The summed E-state index contributed by atoms with van der Waals surface area (Å²) in [5.74, 6) is -0.739. The largest absolute Gasteiger partial charge is 0.351 e. The van der Waals surface area contributed by atoms with Gasteiger partial charge >= 0.3 is 0 Å². The van der Waals surface area contributed by atoms with Gasteiger partial charge in [-0.2, -0.15) is 0 Å². The van der Waals surface area contributed by atoms with E-state index >= 15 is 0 Å². The van der Waals surface area contributed by atoms with E-state index in [-0.39, 0.29) is 24.4 Å². The zero-order valence-electron chi connectivity index (χ0n) is 17.5. The van der Waals surface area contributed by atoms with E-state index in [4.69, 9.17) is 23.2 Å². The topological polar surface area (TPSA) is 49.4 Å². The SMILES string of the molecule is CC1CCC(NC(=O)[C@@H](c2ccc(F)cc2)N(Cc2ccccc2Cl)C(=O)CCl)CC1. The fourth-order valence-corrected chi connectivity index (χ4v) is 4.36. The smallest absolute Gasteiger partial charge is 0.247 e. The molecule has 1 aliphatic carbocycles. The lowest BCUT2D eigenvalue weighted by Gasteiger charge is -2.34. The molecule has 1 atom stereocenters. The maximum absolute atomic E-state index is 13.6. The van der Waals surface area contributed by atoms with Gasteiger partial charge in [-0.15, -0.1) is 11.6 Å². The van der Waals surface area contributed by atoms with Crippen LogP contribution in [0.5, 0.6) is 0 Å². The van der Waals surface area contributed by atoms with Crippen molar-refractivity contribution in [2.24, 2.45) is 5.92 Å². The number of rotatable bonds is 7. The van der Waals surface area contributed by atoms with E-state index in [0.717, 1.165) is 25.7 Å². The molecule has 2 aromatic rings. The van der Waals surface area contributed by atoms with Crippen LogP contribution >= 0.6 is 23.2 Å². The minimum Gasteiger partial charge on any atom is -0.351 e. The molecule has 0 spiro atoms. The minimum atomic E-state index is -0.942. The van der Waals surface area contributed by atoms with Crippen LogP contribution in [-0.4, -0.2) is 28.6 Å². The molecule has 0 aliphatic heterocycles. The number of amides is 2. The van der Waals surface area contributed by atoms with Crippen molar-refractivity contribution in [3.63, 3.8) is 0 Å². The summed E-state index contributed by atoms with van der Waals surface area (Å²) in [4.78, 5) is 27.7. The number of halogens is 3. The molecule has 1 N–H and O–H groups in total. The average Bonchev–Trinajstić information content (AvgIpc) is 2.77. The molecule has 0 saturated heterocycles. The highest BCUT2D eigenvalue weighted by molar-refractivity contribution is 6.31. The number of carbonyl (C=O) groups is 2. The Morgan fingerprint density at radius 1 is 1.10 bits per heavy atom. The van der Waals surface area contributed by atoms with Gasteiger partial charge in [-0.3, -0.25) is 9.59 Å². The molecule has 0 radical (unpaired) electrons. The lowest BCUT2D eigenvalue weighted by atomic mass is 9.87.